The Morgan fingerprint density at radius 3 is 1.64 bits per heavy atom. The first-order valence-electron chi connectivity index (χ1n) is 38.9. The number of carboxylic acids is 3. The molecule has 5 heterocycles. The number of aromatic amines is 1. The van der Waals surface area contributed by atoms with Gasteiger partial charge in [0, 0.05) is 75.1 Å². The number of H-pyrrole nitrogens is 1. The van der Waals surface area contributed by atoms with Gasteiger partial charge in [0.2, 0.25) is 100 Å². The van der Waals surface area contributed by atoms with Gasteiger partial charge in [-0.05, 0) is 68.6 Å². The van der Waals surface area contributed by atoms with Crippen molar-refractivity contribution in [2.75, 3.05) is 44.3 Å². The third-order valence-electron chi connectivity index (χ3n) is 19.9. The van der Waals surface area contributed by atoms with Crippen LogP contribution in [0, 0.1) is 23.2 Å². The van der Waals surface area contributed by atoms with Crippen molar-refractivity contribution in [2.45, 2.75) is 207 Å². The van der Waals surface area contributed by atoms with Crippen molar-refractivity contribution in [2.24, 2.45) is 28.9 Å². The molecule has 1 aromatic heterocycles. The monoisotopic (exact) mass is 1770 g/mol. The number of primary amides is 2. The van der Waals surface area contributed by atoms with Gasteiger partial charge < -0.3 is 138 Å². The highest BCUT2D eigenvalue weighted by Gasteiger charge is 2.45. The van der Waals surface area contributed by atoms with Gasteiger partial charge in [-0.1, -0.05) is 54.0 Å². The van der Waals surface area contributed by atoms with Gasteiger partial charge >= 0.3 is 17.9 Å². The van der Waals surface area contributed by atoms with Crippen molar-refractivity contribution in [3.63, 3.8) is 0 Å². The summed E-state index contributed by atoms with van der Waals surface area (Å²) in [6.45, 7) is 0.413. The highest BCUT2D eigenvalue weighted by Crippen LogP contribution is 2.26. The number of carbonyl (C=O) groups is 20. The van der Waals surface area contributed by atoms with Crippen molar-refractivity contribution in [3.05, 3.63) is 48.0 Å². The number of nitrogens with one attached hydrogen (secondary N) is 16. The minimum atomic E-state index is -2.19. The number of phenols is 1. The molecule has 1 aromatic carbocycles. The van der Waals surface area contributed by atoms with Crippen molar-refractivity contribution in [1.82, 2.24) is 94.2 Å². The van der Waals surface area contributed by atoms with Gasteiger partial charge in [-0.3, -0.25) is 101 Å². The van der Waals surface area contributed by atoms with Crippen LogP contribution in [0.2, 0.25) is 0 Å². The van der Waals surface area contributed by atoms with E-state index in [1.54, 1.807) is 6.92 Å². The van der Waals surface area contributed by atoms with Crippen LogP contribution in [-0.2, 0) is 109 Å². The molecule has 0 saturated carbocycles. The summed E-state index contributed by atoms with van der Waals surface area (Å²) < 4.78 is 0. The smallest absolute Gasteiger partial charge is 0.305 e. The number of nitrogens with two attached hydrogens (primary N) is 4. The van der Waals surface area contributed by atoms with Crippen molar-refractivity contribution < 1.29 is 121 Å². The normalized spacial score (nSPS) is 26.3. The molecular formula is C73H103N23O25S2. The second kappa shape index (κ2) is 48.5. The first kappa shape index (κ1) is 98.9. The highest BCUT2D eigenvalue weighted by molar-refractivity contribution is 8.76. The Labute approximate surface area is 709 Å². The van der Waals surface area contributed by atoms with Gasteiger partial charge in [-0.15, -0.1) is 11.8 Å². The quantitative estimate of drug-likeness (QED) is 0.0161. The Morgan fingerprint density at radius 2 is 1.07 bits per heavy atom. The first-order chi connectivity index (χ1) is 58.3. The maximum atomic E-state index is 15.1. The number of amides is 17. The number of imidazole rings is 1. The lowest BCUT2D eigenvalue weighted by atomic mass is 9.97. The Balaban J connectivity index is 1.55. The van der Waals surface area contributed by atoms with Crippen LogP contribution in [0.3, 0.4) is 0 Å². The van der Waals surface area contributed by atoms with Gasteiger partial charge in [-0.25, -0.2) is 4.98 Å². The molecule has 4 aliphatic heterocycles. The predicted molar refractivity (Wildman–Crippen MR) is 430 cm³/mol. The lowest BCUT2D eigenvalue weighted by Gasteiger charge is -2.31. The second-order valence-electron chi connectivity index (χ2n) is 29.1. The minimum Gasteiger partial charge on any atom is -0.508 e. The van der Waals surface area contributed by atoms with E-state index in [1.807, 2.05) is 0 Å². The predicted octanol–water partition coefficient (Wildman–Crippen LogP) is -10.2. The fourth-order valence-corrected chi connectivity index (χ4v) is 15.5. The van der Waals surface area contributed by atoms with E-state index in [1.165, 1.54) is 43.7 Å². The summed E-state index contributed by atoms with van der Waals surface area (Å²) in [4.78, 5) is 291. The Bertz CT molecular complexity index is 4310. The number of aromatic hydroxyl groups is 1. The zero-order valence-electron chi connectivity index (χ0n) is 66.8. The standard InChI is InChI=1S/C73H103N23O25S2/c1-3-34(2)57-70(119)92-48(58(76)107)31-122-123-32-49-67(116)91-47(30-97)66(115)90-46(27-56(105)106)72(121)96-22-8-12-50(96)68(117)84-40(11-6-20-80-73(77)78)60(109)83-39(10-5-4-9-38(59(108)93-49)82-53(100)28-74)61(110)87-43(25-52(75)99)64(113)86-42(23-35-14-16-37(98)17-15-35)63(112)88-44(26-55(103)104)65(114)89-45(24-36-29-79-33-81-36)71(120)95-21-7-13-51(95)69(118)85-41(62(111)94-57)18-19-54(101)102/h14-17,29,33-34,38-51,57,97-98H,3,6-13,18-28,30-32,74H2,1-2H3,(H2,75,99)(H2,76,107)(H,79,81)(H,82,100)(H,83,109)(H,84,117)(H,85,118)(H,86,113)(H,87,110)(H,88,112)(H,89,114)(H,90,115)(H,91,116)(H,92,119)(H,93,108)(H,94,111)(H,101,102)(H,103,104)(H,105,106)(H4,77,78,80)/t34-,38+,39-,40-,41-,42-,43-,44-,45-,46-,47-,48-,49+,50-,51-,57-/m0/s1. The Morgan fingerprint density at radius 1 is 0.569 bits per heavy atom. The molecule has 2 fully saturated rings. The molecule has 16 atom stereocenters. The summed E-state index contributed by atoms with van der Waals surface area (Å²) in [7, 11) is 1.41. The van der Waals surface area contributed by atoms with E-state index in [0.29, 0.717) is 10.8 Å². The second-order valence-corrected chi connectivity index (χ2v) is 31.6. The molecule has 0 unspecified atom stereocenters. The van der Waals surface area contributed by atoms with E-state index in [2.05, 4.69) is 96.2 Å². The van der Waals surface area contributed by atoms with Crippen LogP contribution in [0.1, 0.15) is 115 Å². The van der Waals surface area contributed by atoms with Gasteiger partial charge in [0.15, 0.2) is 5.96 Å². The van der Waals surface area contributed by atoms with Gasteiger partial charge in [-0.2, -0.15) is 0 Å². The fraction of sp³-hybridized carbons (Fsp3) is 0.562. The molecule has 0 spiro atoms. The number of guanidine groups is 1. The van der Waals surface area contributed by atoms with Gasteiger partial charge in [0.05, 0.1) is 38.7 Å². The van der Waals surface area contributed by atoms with E-state index in [0.717, 1.165) is 20.6 Å². The molecule has 0 aliphatic carbocycles. The van der Waals surface area contributed by atoms with Gasteiger partial charge in [0.1, 0.15) is 96.4 Å². The number of hydrogen-bond donors (Lipinski definition) is 25. The molecule has 50 heteroatoms. The lowest BCUT2D eigenvalue weighted by molar-refractivity contribution is -0.146. The van der Waals surface area contributed by atoms with Gasteiger partial charge in [0.25, 0.3) is 0 Å². The fourth-order valence-electron chi connectivity index (χ4n) is 13.2. The summed E-state index contributed by atoms with van der Waals surface area (Å²) in [5.74, 6) is -23.3. The van der Waals surface area contributed by atoms with Crippen LogP contribution in [-0.4, -0.2) is 305 Å². The van der Waals surface area contributed by atoms with E-state index in [-0.39, 0.29) is 81.6 Å². The summed E-state index contributed by atoms with van der Waals surface area (Å²) >= 11 is 0. The number of phenolic OH excluding ortho intramolecular Hbond substituents is 1. The number of benzene rings is 1. The maximum absolute atomic E-state index is 15.1. The molecule has 672 valence electrons. The zero-order chi connectivity index (χ0) is 90.9. The molecule has 29 N–H and O–H groups in total. The largest absolute Gasteiger partial charge is 0.508 e. The maximum Gasteiger partial charge on any atom is 0.305 e. The SMILES string of the molecule is CC[C@H](C)[C@@H]1NC(=O)[C@H](CCC(=O)O)NC(=O)[C@@H]2CCCN2C(=O)[C@H](Cc2cnc[nH]2)NC(=O)[C@H](CC(=O)O)NC(=O)[C@H](Cc2ccc(O)cc2)NC(=O)[C@H](CC(N)=O)NC(=O)[C@@H]2CC#CC[C@@H](NC(=O)CN)C(=O)N[C@H](CSSC[C@@H](C(N)=O)NC1=O)C(=O)N[C@@H](CO)C(=O)N[C@@H](CC(=O)O)C(=O)N1CCC[C@H]1C(=O)N[C@@H](CCCNC(=N)N)C(=O)N2. The molecule has 2 saturated heterocycles. The molecule has 48 nitrogen and oxygen atoms in total. The van der Waals surface area contributed by atoms with E-state index >= 15 is 9.59 Å². The Hall–Kier alpha value is -12.9. The van der Waals surface area contributed by atoms with Crippen molar-refractivity contribution in [3.8, 4) is 17.6 Å². The number of carboxylic acid groups (broad SMARTS) is 3. The summed E-state index contributed by atoms with van der Waals surface area (Å²) in [5, 5.41) is 92.1. The number of fused-ring (bicyclic) bond motifs is 9. The summed E-state index contributed by atoms with van der Waals surface area (Å²) in [6.07, 6.45) is -5.79. The molecule has 2 bridgehead atoms. The number of aliphatic hydroxyl groups is 1. The van der Waals surface area contributed by atoms with Crippen LogP contribution in [0.5, 0.6) is 5.75 Å². The molecule has 123 heavy (non-hydrogen) atoms. The van der Waals surface area contributed by atoms with E-state index in [4.69, 9.17) is 28.3 Å². The van der Waals surface area contributed by atoms with Crippen molar-refractivity contribution in [1.29, 1.82) is 5.41 Å². The molecular weight excluding hydrogens is 1660 g/mol. The number of nitrogens with zero attached hydrogens (tertiary/aromatic N) is 3. The van der Waals surface area contributed by atoms with Crippen LogP contribution < -0.4 is 97.4 Å². The van der Waals surface area contributed by atoms with E-state index in [9.17, 15) is 112 Å². The minimum absolute atomic E-state index is 0.0486. The molecule has 6 rings (SSSR count). The molecule has 4 aliphatic rings. The molecule has 0 radical (unpaired) electrons. The Kier molecular flexibility index (Phi) is 39.0. The van der Waals surface area contributed by atoms with Crippen LogP contribution >= 0.6 is 21.6 Å². The first-order valence-corrected chi connectivity index (χ1v) is 41.4. The zero-order valence-corrected chi connectivity index (χ0v) is 68.5. The number of carbonyl (C=O) groups excluding carboxylic acids is 17. The van der Waals surface area contributed by atoms with E-state index < -0.39 is 303 Å². The summed E-state index contributed by atoms with van der Waals surface area (Å²) in [6, 6.07) is -23.1. The number of aliphatic carboxylic acids is 3. The third-order valence-corrected chi connectivity index (χ3v) is 22.3. The molecule has 17 amide bonds. The number of hydrogen-bond acceptors (Lipinski definition) is 27. The number of rotatable bonds is 23. The average molecular weight is 1770 g/mol. The average Bonchev–Trinajstić information content (AvgIpc) is 1.69. The van der Waals surface area contributed by atoms with Crippen LogP contribution in [0.4, 0.5) is 0 Å². The third kappa shape index (κ3) is 31.2. The summed E-state index contributed by atoms with van der Waals surface area (Å²) in [5.41, 5.74) is 23.0. The van der Waals surface area contributed by atoms with Crippen molar-refractivity contribution >= 4 is 146 Å². The number of aliphatic hydroxyl groups excluding tert-OH is 1. The van der Waals surface area contributed by atoms with Crippen LogP contribution in [0.15, 0.2) is 36.8 Å². The van der Waals surface area contributed by atoms with Crippen LogP contribution in [0.25, 0.3) is 0 Å². The molecule has 2 aromatic rings. The lowest BCUT2D eigenvalue weighted by Crippen LogP contribution is -2.61. The number of aromatic nitrogens is 2. The highest BCUT2D eigenvalue weighted by atomic mass is 33.1. The topological polar surface area (TPSA) is 774 Å².